The van der Waals surface area contributed by atoms with Gasteiger partial charge in [-0.2, -0.15) is 13.2 Å². The number of anilines is 1. The van der Waals surface area contributed by atoms with Gasteiger partial charge < -0.3 is 15.7 Å². The Hall–Kier alpha value is -2.25. The van der Waals surface area contributed by atoms with E-state index in [0.29, 0.717) is 19.4 Å². The van der Waals surface area contributed by atoms with Gasteiger partial charge in [0.25, 0.3) is 0 Å². The van der Waals surface area contributed by atoms with E-state index in [1.54, 1.807) is 0 Å². The molecule has 1 atom stereocenters. The van der Waals surface area contributed by atoms with E-state index in [4.69, 9.17) is 10.8 Å². The van der Waals surface area contributed by atoms with E-state index in [1.807, 2.05) is 0 Å². The highest BCUT2D eigenvalue weighted by atomic mass is 19.4. The SMILES string of the molecule is NC(=O)c1ccc(N2CCCC2C(=O)O)cc1C(F)(F)F. The van der Waals surface area contributed by atoms with Crippen LogP contribution in [-0.2, 0) is 11.0 Å². The van der Waals surface area contributed by atoms with Crippen molar-refractivity contribution in [2.75, 3.05) is 11.4 Å². The molecule has 5 nitrogen and oxygen atoms in total. The second-order valence-corrected chi connectivity index (χ2v) is 4.78. The zero-order chi connectivity index (χ0) is 15.8. The zero-order valence-electron chi connectivity index (χ0n) is 10.9. The number of carbonyl (C=O) groups excluding carboxylic acids is 1. The van der Waals surface area contributed by atoms with Gasteiger partial charge >= 0.3 is 12.1 Å². The van der Waals surface area contributed by atoms with Gasteiger partial charge in [-0.05, 0) is 31.0 Å². The summed E-state index contributed by atoms with van der Waals surface area (Å²) in [6.07, 6.45) is -3.79. The van der Waals surface area contributed by atoms with E-state index in [0.717, 1.165) is 12.1 Å². The maximum atomic E-state index is 13.0. The van der Waals surface area contributed by atoms with Gasteiger partial charge in [-0.1, -0.05) is 0 Å². The maximum absolute atomic E-state index is 13.0. The van der Waals surface area contributed by atoms with Gasteiger partial charge in [-0.3, -0.25) is 4.79 Å². The molecule has 0 radical (unpaired) electrons. The lowest BCUT2D eigenvalue weighted by Crippen LogP contribution is -2.36. The molecule has 1 unspecified atom stereocenters. The first-order valence-electron chi connectivity index (χ1n) is 6.22. The van der Waals surface area contributed by atoms with Crippen LogP contribution in [0, 0.1) is 0 Å². The molecule has 21 heavy (non-hydrogen) atoms. The van der Waals surface area contributed by atoms with Crippen LogP contribution in [0.25, 0.3) is 0 Å². The summed E-state index contributed by atoms with van der Waals surface area (Å²) >= 11 is 0. The van der Waals surface area contributed by atoms with Crippen molar-refractivity contribution in [1.82, 2.24) is 0 Å². The molecule has 1 heterocycles. The molecule has 1 amide bonds. The molecule has 8 heteroatoms. The molecule has 114 valence electrons. The second-order valence-electron chi connectivity index (χ2n) is 4.78. The Morgan fingerprint density at radius 2 is 2.00 bits per heavy atom. The van der Waals surface area contributed by atoms with Crippen molar-refractivity contribution in [1.29, 1.82) is 0 Å². The lowest BCUT2D eigenvalue weighted by molar-refractivity contribution is -0.138. The Labute approximate surface area is 118 Å². The smallest absolute Gasteiger partial charge is 0.417 e. The predicted molar refractivity (Wildman–Crippen MR) is 68.0 cm³/mol. The van der Waals surface area contributed by atoms with E-state index in [1.165, 1.54) is 11.0 Å². The number of aliphatic carboxylic acids is 1. The number of rotatable bonds is 3. The predicted octanol–water partition coefficient (Wildman–Crippen LogP) is 1.86. The number of halogens is 3. The van der Waals surface area contributed by atoms with Crippen LogP contribution in [0.5, 0.6) is 0 Å². The number of hydrogen-bond donors (Lipinski definition) is 2. The molecule has 0 aliphatic carbocycles. The van der Waals surface area contributed by atoms with Crippen LogP contribution in [0.1, 0.15) is 28.8 Å². The Morgan fingerprint density at radius 1 is 1.33 bits per heavy atom. The fourth-order valence-corrected chi connectivity index (χ4v) is 2.49. The van der Waals surface area contributed by atoms with E-state index in [9.17, 15) is 22.8 Å². The van der Waals surface area contributed by atoms with Crippen LogP contribution in [0.3, 0.4) is 0 Å². The van der Waals surface area contributed by atoms with Gasteiger partial charge in [0.15, 0.2) is 0 Å². The number of nitrogens with zero attached hydrogens (tertiary/aromatic N) is 1. The summed E-state index contributed by atoms with van der Waals surface area (Å²) in [4.78, 5) is 23.6. The second kappa shape index (κ2) is 5.27. The highest BCUT2D eigenvalue weighted by Crippen LogP contribution is 2.36. The minimum Gasteiger partial charge on any atom is -0.480 e. The van der Waals surface area contributed by atoms with E-state index >= 15 is 0 Å². The van der Waals surface area contributed by atoms with Gasteiger partial charge in [0.1, 0.15) is 6.04 Å². The van der Waals surface area contributed by atoms with Gasteiger partial charge in [-0.15, -0.1) is 0 Å². The monoisotopic (exact) mass is 302 g/mol. The van der Waals surface area contributed by atoms with Crippen molar-refractivity contribution < 1.29 is 27.9 Å². The Balaban J connectivity index is 2.47. The van der Waals surface area contributed by atoms with Crippen LogP contribution >= 0.6 is 0 Å². The number of carboxylic acid groups (broad SMARTS) is 1. The Morgan fingerprint density at radius 3 is 2.52 bits per heavy atom. The van der Waals surface area contributed by atoms with Gasteiger partial charge in [0, 0.05) is 12.2 Å². The molecule has 1 aliphatic heterocycles. The minimum atomic E-state index is -4.74. The normalized spacial score (nSPS) is 18.8. The van der Waals surface area contributed by atoms with E-state index in [-0.39, 0.29) is 5.69 Å². The largest absolute Gasteiger partial charge is 0.480 e. The number of primary amides is 1. The fourth-order valence-electron chi connectivity index (χ4n) is 2.49. The lowest BCUT2D eigenvalue weighted by atomic mass is 10.0. The first kappa shape index (κ1) is 15.1. The van der Waals surface area contributed by atoms with Gasteiger partial charge in [0.2, 0.25) is 5.91 Å². The van der Waals surface area contributed by atoms with Crippen LogP contribution < -0.4 is 10.6 Å². The molecule has 0 aromatic heterocycles. The highest BCUT2D eigenvalue weighted by molar-refractivity contribution is 5.95. The number of nitrogens with two attached hydrogens (primary N) is 1. The van der Waals surface area contributed by atoms with Gasteiger partial charge in [-0.25, -0.2) is 4.79 Å². The van der Waals surface area contributed by atoms with Crippen LogP contribution in [0.4, 0.5) is 18.9 Å². The van der Waals surface area contributed by atoms with E-state index < -0.39 is 35.2 Å². The van der Waals surface area contributed by atoms with Crippen LogP contribution in [0.15, 0.2) is 18.2 Å². The molecule has 1 aromatic carbocycles. The number of benzene rings is 1. The Kier molecular flexibility index (Phi) is 3.80. The molecule has 1 saturated heterocycles. The summed E-state index contributed by atoms with van der Waals surface area (Å²) in [6, 6.07) is 2.20. The number of carboxylic acids is 1. The minimum absolute atomic E-state index is 0.122. The van der Waals surface area contributed by atoms with Crippen molar-refractivity contribution >= 4 is 17.6 Å². The number of carbonyl (C=O) groups is 2. The summed E-state index contributed by atoms with van der Waals surface area (Å²) in [6.45, 7) is 0.351. The average Bonchev–Trinajstić information content (AvgIpc) is 2.86. The number of hydrogen-bond acceptors (Lipinski definition) is 3. The van der Waals surface area contributed by atoms with Crippen LogP contribution in [-0.4, -0.2) is 29.6 Å². The Bertz CT molecular complexity index is 587. The first-order chi connectivity index (χ1) is 9.71. The topological polar surface area (TPSA) is 83.6 Å². The molecule has 1 aromatic rings. The zero-order valence-corrected chi connectivity index (χ0v) is 10.9. The first-order valence-corrected chi connectivity index (χ1v) is 6.22. The third kappa shape index (κ3) is 2.93. The fraction of sp³-hybridized carbons (Fsp3) is 0.385. The molecular weight excluding hydrogens is 289 g/mol. The molecule has 0 bridgehead atoms. The van der Waals surface area contributed by atoms with E-state index in [2.05, 4.69) is 0 Å². The quantitative estimate of drug-likeness (QED) is 0.892. The summed E-state index contributed by atoms with van der Waals surface area (Å²) < 4.78 is 39.0. The summed E-state index contributed by atoms with van der Waals surface area (Å²) in [7, 11) is 0. The van der Waals surface area contributed by atoms with Crippen molar-refractivity contribution in [3.8, 4) is 0 Å². The van der Waals surface area contributed by atoms with Crippen molar-refractivity contribution in [2.24, 2.45) is 5.73 Å². The number of alkyl halides is 3. The summed E-state index contributed by atoms with van der Waals surface area (Å²) in [5.74, 6) is -2.26. The lowest BCUT2D eigenvalue weighted by Gasteiger charge is -2.25. The molecular formula is C13H13F3N2O3. The third-order valence-electron chi connectivity index (χ3n) is 3.44. The summed E-state index contributed by atoms with van der Waals surface area (Å²) in [5, 5.41) is 9.08. The van der Waals surface area contributed by atoms with Crippen molar-refractivity contribution in [2.45, 2.75) is 25.1 Å². The number of amides is 1. The average molecular weight is 302 g/mol. The summed E-state index contributed by atoms with van der Waals surface area (Å²) in [5.41, 5.74) is 3.29. The highest BCUT2D eigenvalue weighted by Gasteiger charge is 2.37. The third-order valence-corrected chi connectivity index (χ3v) is 3.44. The molecule has 1 fully saturated rings. The van der Waals surface area contributed by atoms with Crippen molar-refractivity contribution in [3.63, 3.8) is 0 Å². The van der Waals surface area contributed by atoms with Crippen molar-refractivity contribution in [3.05, 3.63) is 29.3 Å². The molecule has 2 rings (SSSR count). The standard InChI is InChI=1S/C13H13F3N2O3/c14-13(15,16)9-6-7(3-4-8(9)11(17)19)18-5-1-2-10(18)12(20)21/h3-4,6,10H,1-2,5H2,(H2,17,19)(H,20,21). The molecule has 0 saturated carbocycles. The molecule has 1 aliphatic rings. The molecule has 3 N–H and O–H groups in total. The maximum Gasteiger partial charge on any atom is 0.417 e. The van der Waals surface area contributed by atoms with Gasteiger partial charge in [0.05, 0.1) is 11.1 Å². The van der Waals surface area contributed by atoms with Crippen LogP contribution in [0.2, 0.25) is 0 Å². The molecule has 0 spiro atoms.